The van der Waals surface area contributed by atoms with Crippen LogP contribution in [0.1, 0.15) is 13.3 Å². The van der Waals surface area contributed by atoms with Crippen LogP contribution in [0.15, 0.2) is 0 Å². The van der Waals surface area contributed by atoms with Gasteiger partial charge in [-0.2, -0.15) is 11.8 Å². The van der Waals surface area contributed by atoms with Gasteiger partial charge in [0.1, 0.15) is 5.92 Å². The highest BCUT2D eigenvalue weighted by atomic mass is 32.2. The lowest BCUT2D eigenvalue weighted by Gasteiger charge is -2.28. The fraction of sp³-hybridized carbons (Fsp3) is 0.833. The molecular formula is C12H22N2O4S. The molecule has 0 saturated carbocycles. The van der Waals surface area contributed by atoms with E-state index in [0.717, 1.165) is 12.2 Å². The first-order valence-electron chi connectivity index (χ1n) is 6.34. The smallest absolute Gasteiger partial charge is 0.317 e. The van der Waals surface area contributed by atoms with E-state index in [1.165, 1.54) is 4.90 Å². The Morgan fingerprint density at radius 3 is 2.74 bits per heavy atom. The highest BCUT2D eigenvalue weighted by Gasteiger charge is 2.38. The molecule has 0 aromatic carbocycles. The molecule has 1 rings (SSSR count). The average Bonchev–Trinajstić information content (AvgIpc) is 2.86. The Bertz CT molecular complexity index is 327. The van der Waals surface area contributed by atoms with Crippen LogP contribution in [0.3, 0.4) is 0 Å². The number of carbonyl (C=O) groups is 2. The number of hydrogen-bond donors (Lipinski definition) is 2. The fourth-order valence-corrected chi connectivity index (χ4v) is 2.77. The number of carboxylic acids is 1. The molecule has 0 bridgehead atoms. The molecule has 1 aliphatic rings. The van der Waals surface area contributed by atoms with Gasteiger partial charge in [0.25, 0.3) is 0 Å². The molecule has 0 aromatic heterocycles. The minimum absolute atomic E-state index is 0.107. The molecule has 0 radical (unpaired) electrons. The maximum absolute atomic E-state index is 12.1. The summed E-state index contributed by atoms with van der Waals surface area (Å²) >= 11 is 1.67. The minimum Gasteiger partial charge on any atom is -0.481 e. The van der Waals surface area contributed by atoms with Crippen molar-refractivity contribution in [3.8, 4) is 0 Å². The second-order valence-corrected chi connectivity index (χ2v) is 5.58. The van der Waals surface area contributed by atoms with Crippen molar-refractivity contribution < 1.29 is 19.4 Å². The van der Waals surface area contributed by atoms with Gasteiger partial charge in [-0.25, -0.2) is 4.79 Å². The van der Waals surface area contributed by atoms with Crippen LogP contribution in [0.4, 0.5) is 4.79 Å². The quantitative estimate of drug-likeness (QED) is 0.759. The van der Waals surface area contributed by atoms with Crippen molar-refractivity contribution in [2.45, 2.75) is 25.4 Å². The summed E-state index contributed by atoms with van der Waals surface area (Å²) in [5.41, 5.74) is 0. The van der Waals surface area contributed by atoms with Crippen molar-refractivity contribution in [2.75, 3.05) is 32.3 Å². The first-order chi connectivity index (χ1) is 9.01. The standard InChI is InChI=1S/C12H22N2O4S/c1-4-8(7-19-3)13-12(17)14(2)10-6-18-5-9(10)11(15)16/h8-10H,4-7H2,1-3H3,(H,13,17)(H,15,16). The molecule has 0 spiro atoms. The van der Waals surface area contributed by atoms with Crippen LogP contribution < -0.4 is 5.32 Å². The molecule has 0 aromatic rings. The Kier molecular flexibility index (Phi) is 6.44. The number of aliphatic carboxylic acids is 1. The summed E-state index contributed by atoms with van der Waals surface area (Å²) in [6, 6.07) is -0.525. The summed E-state index contributed by atoms with van der Waals surface area (Å²) in [6.45, 7) is 2.46. The van der Waals surface area contributed by atoms with Crippen molar-refractivity contribution >= 4 is 23.8 Å². The van der Waals surface area contributed by atoms with Gasteiger partial charge in [0.05, 0.1) is 19.3 Å². The lowest BCUT2D eigenvalue weighted by molar-refractivity contribution is -0.142. The molecule has 1 saturated heterocycles. The van der Waals surface area contributed by atoms with E-state index in [4.69, 9.17) is 9.84 Å². The number of carboxylic acid groups (broad SMARTS) is 1. The Hall–Kier alpha value is -0.950. The zero-order valence-electron chi connectivity index (χ0n) is 11.6. The Balaban J connectivity index is 2.58. The maximum Gasteiger partial charge on any atom is 0.317 e. The second kappa shape index (κ2) is 7.59. The average molecular weight is 290 g/mol. The fourth-order valence-electron chi connectivity index (χ4n) is 2.05. The van der Waals surface area contributed by atoms with Crippen LogP contribution in [0.25, 0.3) is 0 Å². The molecule has 19 heavy (non-hydrogen) atoms. The third-order valence-corrected chi connectivity index (χ3v) is 4.11. The number of likely N-dealkylation sites (N-methyl/N-ethyl adjacent to an activating group) is 1. The van der Waals surface area contributed by atoms with E-state index in [1.807, 2.05) is 13.2 Å². The van der Waals surface area contributed by atoms with E-state index in [0.29, 0.717) is 0 Å². The molecule has 6 nitrogen and oxygen atoms in total. The van der Waals surface area contributed by atoms with Crippen molar-refractivity contribution in [3.63, 3.8) is 0 Å². The lowest BCUT2D eigenvalue weighted by atomic mass is 10.0. The highest BCUT2D eigenvalue weighted by molar-refractivity contribution is 7.98. The zero-order valence-corrected chi connectivity index (χ0v) is 12.4. The minimum atomic E-state index is -0.918. The van der Waals surface area contributed by atoms with Crippen LogP contribution in [0.2, 0.25) is 0 Å². The van der Waals surface area contributed by atoms with Crippen LogP contribution >= 0.6 is 11.8 Å². The monoisotopic (exact) mass is 290 g/mol. The molecular weight excluding hydrogens is 268 g/mol. The molecule has 1 fully saturated rings. The number of ether oxygens (including phenoxy) is 1. The van der Waals surface area contributed by atoms with Crippen molar-refractivity contribution in [2.24, 2.45) is 5.92 Å². The molecule has 3 unspecified atom stereocenters. The largest absolute Gasteiger partial charge is 0.481 e. The SMILES string of the molecule is CCC(CSC)NC(=O)N(C)C1COCC1C(=O)O. The third kappa shape index (κ3) is 4.28. The van der Waals surface area contributed by atoms with Gasteiger partial charge in [0.15, 0.2) is 0 Å². The van der Waals surface area contributed by atoms with E-state index in [2.05, 4.69) is 5.32 Å². The number of nitrogens with zero attached hydrogens (tertiary/aromatic N) is 1. The Morgan fingerprint density at radius 1 is 1.53 bits per heavy atom. The van der Waals surface area contributed by atoms with Gasteiger partial charge in [-0.05, 0) is 12.7 Å². The number of nitrogens with one attached hydrogen (secondary N) is 1. The third-order valence-electron chi connectivity index (χ3n) is 3.37. The van der Waals surface area contributed by atoms with Gasteiger partial charge in [-0.3, -0.25) is 4.79 Å². The topological polar surface area (TPSA) is 78.9 Å². The van der Waals surface area contributed by atoms with Gasteiger partial charge < -0.3 is 20.1 Å². The van der Waals surface area contributed by atoms with Crippen LogP contribution in [-0.4, -0.2) is 66.4 Å². The lowest BCUT2D eigenvalue weighted by Crippen LogP contribution is -2.51. The van der Waals surface area contributed by atoms with E-state index in [9.17, 15) is 9.59 Å². The van der Waals surface area contributed by atoms with Crippen molar-refractivity contribution in [1.29, 1.82) is 0 Å². The second-order valence-electron chi connectivity index (χ2n) is 4.67. The number of thioether (sulfide) groups is 1. The Labute approximate surface area is 117 Å². The summed E-state index contributed by atoms with van der Waals surface area (Å²) in [5, 5.41) is 12.0. The van der Waals surface area contributed by atoms with Crippen LogP contribution in [-0.2, 0) is 9.53 Å². The summed E-state index contributed by atoms with van der Waals surface area (Å²) in [5.74, 6) is -0.714. The molecule has 110 valence electrons. The molecule has 3 atom stereocenters. The van der Waals surface area contributed by atoms with E-state index >= 15 is 0 Å². The van der Waals surface area contributed by atoms with Gasteiger partial charge in [0.2, 0.25) is 0 Å². The van der Waals surface area contributed by atoms with Gasteiger partial charge in [-0.1, -0.05) is 6.92 Å². The number of carbonyl (C=O) groups excluding carboxylic acids is 1. The summed E-state index contributed by atoms with van der Waals surface area (Å²) in [4.78, 5) is 24.6. The van der Waals surface area contributed by atoms with E-state index in [1.54, 1.807) is 18.8 Å². The zero-order chi connectivity index (χ0) is 14.4. The summed E-state index contributed by atoms with van der Waals surface area (Å²) < 4.78 is 5.17. The van der Waals surface area contributed by atoms with Gasteiger partial charge >= 0.3 is 12.0 Å². The molecule has 1 heterocycles. The van der Waals surface area contributed by atoms with Crippen molar-refractivity contribution in [1.82, 2.24) is 10.2 Å². The molecule has 7 heteroatoms. The molecule has 0 aliphatic carbocycles. The summed E-state index contributed by atoms with van der Waals surface area (Å²) in [7, 11) is 1.62. The van der Waals surface area contributed by atoms with Crippen LogP contribution in [0.5, 0.6) is 0 Å². The number of hydrogen-bond acceptors (Lipinski definition) is 4. The van der Waals surface area contributed by atoms with Crippen molar-refractivity contribution in [3.05, 3.63) is 0 Å². The number of amides is 2. The van der Waals surface area contributed by atoms with Crippen LogP contribution in [0, 0.1) is 5.92 Å². The highest BCUT2D eigenvalue weighted by Crippen LogP contribution is 2.19. The Morgan fingerprint density at radius 2 is 2.21 bits per heavy atom. The normalized spacial score (nSPS) is 23.9. The van der Waals surface area contributed by atoms with Gasteiger partial charge in [-0.15, -0.1) is 0 Å². The predicted molar refractivity (Wildman–Crippen MR) is 74.5 cm³/mol. The number of urea groups is 1. The van der Waals surface area contributed by atoms with Gasteiger partial charge in [0, 0.05) is 18.8 Å². The summed E-state index contributed by atoms with van der Waals surface area (Å²) in [6.07, 6.45) is 2.84. The first-order valence-corrected chi connectivity index (χ1v) is 7.73. The first kappa shape index (κ1) is 16.1. The van der Waals surface area contributed by atoms with E-state index in [-0.39, 0.29) is 25.3 Å². The predicted octanol–water partition coefficient (Wildman–Crippen LogP) is 0.869. The molecule has 1 aliphatic heterocycles. The maximum atomic E-state index is 12.1. The molecule has 2 amide bonds. The van der Waals surface area contributed by atoms with E-state index < -0.39 is 17.9 Å². The molecule has 2 N–H and O–H groups in total. The number of rotatable bonds is 6.